The van der Waals surface area contributed by atoms with Gasteiger partial charge < -0.3 is 9.47 Å². The number of nitriles is 1. The Balaban J connectivity index is 1.81. The van der Waals surface area contributed by atoms with Gasteiger partial charge in [0, 0.05) is 0 Å². The molecular weight excluding hydrogens is 374 g/mol. The van der Waals surface area contributed by atoms with E-state index in [1.54, 1.807) is 24.3 Å². The van der Waals surface area contributed by atoms with Gasteiger partial charge in [0.1, 0.15) is 18.2 Å². The molecule has 1 aromatic heterocycles. The lowest BCUT2D eigenvalue weighted by Crippen LogP contribution is -2.13. The first-order chi connectivity index (χ1) is 13.6. The molecule has 0 saturated carbocycles. The zero-order valence-corrected chi connectivity index (χ0v) is 16.0. The first kappa shape index (κ1) is 19.1. The highest BCUT2D eigenvalue weighted by Gasteiger charge is 2.13. The molecule has 28 heavy (non-hydrogen) atoms. The normalized spacial score (nSPS) is 10.9. The quantitative estimate of drug-likeness (QED) is 0.366. The molecule has 3 aromatic rings. The predicted octanol–water partition coefficient (Wildman–Crippen LogP) is 4.42. The third-order valence-electron chi connectivity index (χ3n) is 3.73. The zero-order chi connectivity index (χ0) is 19.9. The number of hydrogen-bond donors (Lipinski definition) is 1. The van der Waals surface area contributed by atoms with Crippen LogP contribution < -0.4 is 14.8 Å². The Bertz CT molecular complexity index is 1060. The van der Waals surface area contributed by atoms with Crippen LogP contribution in [-0.2, 0) is 4.79 Å². The molecule has 0 spiro atoms. The van der Waals surface area contributed by atoms with E-state index in [-0.39, 0.29) is 5.57 Å². The predicted molar refractivity (Wildman–Crippen MR) is 111 cm³/mol. The first-order valence-corrected chi connectivity index (χ1v) is 9.16. The number of aromatic nitrogens is 1. The minimum atomic E-state index is -0.521. The average Bonchev–Trinajstić information content (AvgIpc) is 3.12. The number of methoxy groups -OCH3 is 1. The third kappa shape index (κ3) is 4.37. The van der Waals surface area contributed by atoms with E-state index >= 15 is 0 Å². The second-order valence-corrected chi connectivity index (χ2v) is 6.65. The van der Waals surface area contributed by atoms with Crippen LogP contribution in [0.5, 0.6) is 11.5 Å². The van der Waals surface area contributed by atoms with Gasteiger partial charge in [0.2, 0.25) is 0 Å². The van der Waals surface area contributed by atoms with Crippen LogP contribution in [0, 0.1) is 11.3 Å². The summed E-state index contributed by atoms with van der Waals surface area (Å²) in [7, 11) is 1.52. The van der Waals surface area contributed by atoms with Crippen molar-refractivity contribution in [1.82, 2.24) is 4.98 Å². The maximum Gasteiger partial charge on any atom is 0.268 e. The number of anilines is 1. The van der Waals surface area contributed by atoms with E-state index < -0.39 is 5.91 Å². The Kier molecular flexibility index (Phi) is 6.04. The summed E-state index contributed by atoms with van der Waals surface area (Å²) in [6, 6.07) is 14.7. The number of rotatable bonds is 7. The molecule has 6 nitrogen and oxygen atoms in total. The maximum absolute atomic E-state index is 12.5. The minimum absolute atomic E-state index is 0.0407. The van der Waals surface area contributed by atoms with Crippen LogP contribution in [0.15, 0.2) is 60.7 Å². The van der Waals surface area contributed by atoms with Gasteiger partial charge >= 0.3 is 0 Å². The smallest absolute Gasteiger partial charge is 0.268 e. The average molecular weight is 391 g/mol. The standard InChI is InChI=1S/C21H17N3O3S/c1-3-10-27-17-9-8-14(12-18(17)26-2)11-15(13-22)20(25)24-21-23-16-6-4-5-7-19(16)28-21/h3-9,11-12H,1,10H2,2H3,(H,23,24,25)/b15-11+. The Labute approximate surface area is 166 Å². The molecule has 0 aliphatic carbocycles. The van der Waals surface area contributed by atoms with E-state index in [2.05, 4.69) is 16.9 Å². The summed E-state index contributed by atoms with van der Waals surface area (Å²) in [6.45, 7) is 3.95. The second-order valence-electron chi connectivity index (χ2n) is 5.62. The topological polar surface area (TPSA) is 84.2 Å². The Hall–Kier alpha value is -3.63. The molecule has 0 atom stereocenters. The molecule has 3 rings (SSSR count). The minimum Gasteiger partial charge on any atom is -0.493 e. The fraction of sp³-hybridized carbons (Fsp3) is 0.0952. The van der Waals surface area contributed by atoms with Crippen molar-refractivity contribution in [3.63, 3.8) is 0 Å². The van der Waals surface area contributed by atoms with Gasteiger partial charge in [-0.3, -0.25) is 10.1 Å². The van der Waals surface area contributed by atoms with Crippen LogP contribution in [0.1, 0.15) is 5.56 Å². The van der Waals surface area contributed by atoms with Crippen LogP contribution in [0.2, 0.25) is 0 Å². The molecule has 0 radical (unpaired) electrons. The van der Waals surface area contributed by atoms with E-state index in [0.717, 1.165) is 10.2 Å². The van der Waals surface area contributed by atoms with E-state index in [4.69, 9.17) is 9.47 Å². The molecule has 2 aromatic carbocycles. The number of amides is 1. The van der Waals surface area contributed by atoms with Gasteiger partial charge in [-0.15, -0.1) is 0 Å². The van der Waals surface area contributed by atoms with Crippen molar-refractivity contribution in [2.24, 2.45) is 0 Å². The lowest BCUT2D eigenvalue weighted by molar-refractivity contribution is -0.112. The summed E-state index contributed by atoms with van der Waals surface area (Å²) in [6.07, 6.45) is 3.12. The number of benzene rings is 2. The Morgan fingerprint density at radius 1 is 1.32 bits per heavy atom. The molecule has 1 N–H and O–H groups in total. The van der Waals surface area contributed by atoms with Gasteiger partial charge in [-0.05, 0) is 35.9 Å². The van der Waals surface area contributed by atoms with Crippen molar-refractivity contribution in [2.75, 3.05) is 19.0 Å². The van der Waals surface area contributed by atoms with E-state index in [1.807, 2.05) is 30.3 Å². The number of ether oxygens (including phenoxy) is 2. The van der Waals surface area contributed by atoms with E-state index in [9.17, 15) is 10.1 Å². The van der Waals surface area contributed by atoms with Crippen LogP contribution in [0.25, 0.3) is 16.3 Å². The highest BCUT2D eigenvalue weighted by atomic mass is 32.1. The molecule has 0 saturated heterocycles. The van der Waals surface area contributed by atoms with Crippen molar-refractivity contribution in [3.05, 3.63) is 66.3 Å². The van der Waals surface area contributed by atoms with Gasteiger partial charge in [-0.2, -0.15) is 5.26 Å². The molecule has 1 heterocycles. The Morgan fingerprint density at radius 2 is 2.14 bits per heavy atom. The van der Waals surface area contributed by atoms with E-state index in [0.29, 0.717) is 28.8 Å². The number of para-hydroxylation sites is 1. The maximum atomic E-state index is 12.5. The molecule has 0 fully saturated rings. The zero-order valence-electron chi connectivity index (χ0n) is 15.1. The van der Waals surface area contributed by atoms with Gasteiger partial charge in [-0.1, -0.05) is 42.2 Å². The number of carbonyl (C=O) groups is 1. The first-order valence-electron chi connectivity index (χ1n) is 8.35. The lowest BCUT2D eigenvalue weighted by Gasteiger charge is -2.10. The molecule has 0 bridgehead atoms. The molecule has 7 heteroatoms. The van der Waals surface area contributed by atoms with Crippen molar-refractivity contribution in [2.45, 2.75) is 0 Å². The highest BCUT2D eigenvalue weighted by molar-refractivity contribution is 7.22. The van der Waals surface area contributed by atoms with Crippen molar-refractivity contribution in [3.8, 4) is 17.6 Å². The van der Waals surface area contributed by atoms with Gasteiger partial charge in [0.15, 0.2) is 16.6 Å². The molecule has 0 unspecified atom stereocenters. The summed E-state index contributed by atoms with van der Waals surface area (Å²) >= 11 is 1.35. The Morgan fingerprint density at radius 3 is 2.86 bits per heavy atom. The molecule has 1 amide bonds. The molecule has 0 aliphatic heterocycles. The van der Waals surface area contributed by atoms with Crippen molar-refractivity contribution < 1.29 is 14.3 Å². The summed E-state index contributed by atoms with van der Waals surface area (Å²) in [4.78, 5) is 16.8. The number of nitrogens with one attached hydrogen (secondary N) is 1. The van der Waals surface area contributed by atoms with Crippen LogP contribution in [0.4, 0.5) is 5.13 Å². The SMILES string of the molecule is C=CCOc1ccc(/C=C(\C#N)C(=O)Nc2nc3ccccc3s2)cc1OC. The van der Waals surface area contributed by atoms with Crippen LogP contribution in [-0.4, -0.2) is 24.6 Å². The second kappa shape index (κ2) is 8.84. The van der Waals surface area contributed by atoms with E-state index in [1.165, 1.54) is 24.5 Å². The lowest BCUT2D eigenvalue weighted by atomic mass is 10.1. The molecular formula is C21H17N3O3S. The van der Waals surface area contributed by atoms with Crippen molar-refractivity contribution >= 4 is 38.7 Å². The molecule has 140 valence electrons. The third-order valence-corrected chi connectivity index (χ3v) is 4.69. The number of carbonyl (C=O) groups excluding carboxylic acids is 1. The number of nitrogens with zero attached hydrogens (tertiary/aromatic N) is 2. The largest absolute Gasteiger partial charge is 0.493 e. The van der Waals surface area contributed by atoms with Crippen LogP contribution >= 0.6 is 11.3 Å². The summed E-state index contributed by atoms with van der Waals surface area (Å²) < 4.78 is 11.8. The highest BCUT2D eigenvalue weighted by Crippen LogP contribution is 2.29. The summed E-state index contributed by atoms with van der Waals surface area (Å²) in [5, 5.41) is 12.5. The number of fused-ring (bicyclic) bond motifs is 1. The van der Waals surface area contributed by atoms with Crippen LogP contribution in [0.3, 0.4) is 0 Å². The van der Waals surface area contributed by atoms with Gasteiger partial charge in [0.25, 0.3) is 5.91 Å². The fourth-order valence-electron chi connectivity index (χ4n) is 2.45. The summed E-state index contributed by atoms with van der Waals surface area (Å²) in [5.74, 6) is 0.531. The van der Waals surface area contributed by atoms with Crippen molar-refractivity contribution in [1.29, 1.82) is 5.26 Å². The van der Waals surface area contributed by atoms with Gasteiger partial charge in [-0.25, -0.2) is 4.98 Å². The fourth-order valence-corrected chi connectivity index (χ4v) is 3.31. The molecule has 0 aliphatic rings. The number of thiazole rings is 1. The number of hydrogen-bond acceptors (Lipinski definition) is 6. The van der Waals surface area contributed by atoms with Gasteiger partial charge in [0.05, 0.1) is 17.3 Å². The summed E-state index contributed by atoms with van der Waals surface area (Å²) in [5.41, 5.74) is 1.39. The monoisotopic (exact) mass is 391 g/mol.